The fourth-order valence-corrected chi connectivity index (χ4v) is 3.22. The van der Waals surface area contributed by atoms with Crippen LogP contribution in [0.4, 0.5) is 0 Å². The predicted molar refractivity (Wildman–Crippen MR) is 82.3 cm³/mol. The molecule has 0 saturated carbocycles. The molecule has 21 heavy (non-hydrogen) atoms. The van der Waals surface area contributed by atoms with Gasteiger partial charge >= 0.3 is 0 Å². The Morgan fingerprint density at radius 2 is 1.86 bits per heavy atom. The van der Waals surface area contributed by atoms with Crippen LogP contribution in [0.2, 0.25) is 0 Å². The lowest BCUT2D eigenvalue weighted by atomic mass is 9.71. The van der Waals surface area contributed by atoms with E-state index in [0.717, 1.165) is 22.4 Å². The van der Waals surface area contributed by atoms with Gasteiger partial charge in [-0.05, 0) is 36.1 Å². The second-order valence-corrected chi connectivity index (χ2v) is 5.64. The van der Waals surface area contributed by atoms with E-state index in [4.69, 9.17) is 10.5 Å². The SMILES string of the molecule is Cc1ccccc1C1(C(N)=O)CCOc2ccccc2C1. The van der Waals surface area contributed by atoms with Crippen molar-refractivity contribution in [1.29, 1.82) is 0 Å². The fraction of sp³-hybridized carbons (Fsp3) is 0.278. The van der Waals surface area contributed by atoms with Crippen molar-refractivity contribution in [3.63, 3.8) is 0 Å². The van der Waals surface area contributed by atoms with Crippen molar-refractivity contribution in [3.05, 3.63) is 65.2 Å². The van der Waals surface area contributed by atoms with Gasteiger partial charge in [-0.2, -0.15) is 0 Å². The molecule has 2 N–H and O–H groups in total. The number of carbonyl (C=O) groups excluding carboxylic acids is 1. The van der Waals surface area contributed by atoms with E-state index in [2.05, 4.69) is 0 Å². The van der Waals surface area contributed by atoms with Crippen LogP contribution in [0.25, 0.3) is 0 Å². The predicted octanol–water partition coefficient (Wildman–Crippen LogP) is 2.74. The van der Waals surface area contributed by atoms with Crippen LogP contribution in [0.3, 0.4) is 0 Å². The summed E-state index contributed by atoms with van der Waals surface area (Å²) in [5.41, 5.74) is 8.28. The molecule has 0 spiro atoms. The number of rotatable bonds is 2. The summed E-state index contributed by atoms with van der Waals surface area (Å²) in [6.45, 7) is 2.52. The summed E-state index contributed by atoms with van der Waals surface area (Å²) >= 11 is 0. The topological polar surface area (TPSA) is 52.3 Å². The van der Waals surface area contributed by atoms with Gasteiger partial charge in [-0.1, -0.05) is 42.5 Å². The quantitative estimate of drug-likeness (QED) is 0.920. The number of benzene rings is 2. The maximum atomic E-state index is 12.4. The van der Waals surface area contributed by atoms with Crippen LogP contribution in [0, 0.1) is 6.92 Å². The van der Waals surface area contributed by atoms with Crippen molar-refractivity contribution in [2.75, 3.05) is 6.61 Å². The van der Waals surface area contributed by atoms with E-state index >= 15 is 0 Å². The Bertz CT molecular complexity index is 680. The standard InChI is InChI=1S/C18H19NO2/c1-13-6-2-4-8-15(13)18(17(19)20)10-11-21-16-9-5-3-7-14(16)12-18/h2-9H,10-12H2,1H3,(H2,19,20). The number of carbonyl (C=O) groups is 1. The molecule has 1 heterocycles. The second kappa shape index (κ2) is 5.24. The number of aryl methyl sites for hydroxylation is 1. The fourth-order valence-electron chi connectivity index (χ4n) is 3.22. The van der Waals surface area contributed by atoms with Crippen molar-refractivity contribution in [2.45, 2.75) is 25.2 Å². The lowest BCUT2D eigenvalue weighted by Gasteiger charge is -2.30. The normalized spacial score (nSPS) is 21.0. The van der Waals surface area contributed by atoms with E-state index in [9.17, 15) is 4.79 Å². The molecular weight excluding hydrogens is 262 g/mol. The molecular formula is C18H19NO2. The molecule has 0 bridgehead atoms. The van der Waals surface area contributed by atoms with Crippen LogP contribution in [-0.2, 0) is 16.6 Å². The zero-order chi connectivity index (χ0) is 14.9. The molecule has 2 aromatic rings. The van der Waals surface area contributed by atoms with Crippen LogP contribution < -0.4 is 10.5 Å². The minimum Gasteiger partial charge on any atom is -0.493 e. The monoisotopic (exact) mass is 281 g/mol. The van der Waals surface area contributed by atoms with Crippen LogP contribution in [0.5, 0.6) is 5.75 Å². The molecule has 3 nitrogen and oxygen atoms in total. The molecule has 3 rings (SSSR count). The first-order chi connectivity index (χ1) is 10.1. The molecule has 0 radical (unpaired) electrons. The first-order valence-corrected chi connectivity index (χ1v) is 7.20. The van der Waals surface area contributed by atoms with Crippen molar-refractivity contribution >= 4 is 5.91 Å². The Morgan fingerprint density at radius 3 is 2.62 bits per heavy atom. The van der Waals surface area contributed by atoms with Crippen LogP contribution >= 0.6 is 0 Å². The summed E-state index contributed by atoms with van der Waals surface area (Å²) in [5.74, 6) is 0.575. The van der Waals surface area contributed by atoms with Gasteiger partial charge < -0.3 is 10.5 Å². The first kappa shape index (κ1) is 13.7. The highest BCUT2D eigenvalue weighted by molar-refractivity contribution is 5.87. The molecule has 0 saturated heterocycles. The average molecular weight is 281 g/mol. The third-order valence-corrected chi connectivity index (χ3v) is 4.38. The van der Waals surface area contributed by atoms with Gasteiger partial charge in [0, 0.05) is 6.42 Å². The number of fused-ring (bicyclic) bond motifs is 1. The highest BCUT2D eigenvalue weighted by atomic mass is 16.5. The molecule has 1 aliphatic heterocycles. The first-order valence-electron chi connectivity index (χ1n) is 7.20. The summed E-state index contributed by atoms with van der Waals surface area (Å²) in [7, 11) is 0. The molecule has 0 aromatic heterocycles. The number of nitrogens with two attached hydrogens (primary N) is 1. The van der Waals surface area contributed by atoms with E-state index in [1.54, 1.807) is 0 Å². The Kier molecular flexibility index (Phi) is 3.42. The zero-order valence-electron chi connectivity index (χ0n) is 12.1. The lowest BCUT2D eigenvalue weighted by molar-refractivity contribution is -0.124. The molecule has 1 amide bonds. The number of ether oxygens (including phenoxy) is 1. The minimum atomic E-state index is -0.696. The Labute approximate surface area is 124 Å². The molecule has 0 aliphatic carbocycles. The van der Waals surface area contributed by atoms with E-state index in [1.807, 2.05) is 55.5 Å². The van der Waals surface area contributed by atoms with E-state index in [-0.39, 0.29) is 5.91 Å². The summed E-state index contributed by atoms with van der Waals surface area (Å²) in [6, 6.07) is 15.9. The number of primary amides is 1. The largest absolute Gasteiger partial charge is 0.493 e. The summed E-state index contributed by atoms with van der Waals surface area (Å²) in [5, 5.41) is 0. The Morgan fingerprint density at radius 1 is 1.14 bits per heavy atom. The summed E-state index contributed by atoms with van der Waals surface area (Å²) in [4.78, 5) is 12.4. The van der Waals surface area contributed by atoms with Gasteiger partial charge in [0.15, 0.2) is 0 Å². The second-order valence-electron chi connectivity index (χ2n) is 5.64. The van der Waals surface area contributed by atoms with Gasteiger partial charge in [-0.15, -0.1) is 0 Å². The maximum absolute atomic E-state index is 12.4. The highest BCUT2D eigenvalue weighted by Gasteiger charge is 2.41. The number of hydrogen-bond acceptors (Lipinski definition) is 2. The van der Waals surface area contributed by atoms with Crippen LogP contribution in [0.1, 0.15) is 23.1 Å². The molecule has 2 aromatic carbocycles. The van der Waals surface area contributed by atoms with Gasteiger partial charge in [-0.3, -0.25) is 4.79 Å². The van der Waals surface area contributed by atoms with Crippen molar-refractivity contribution < 1.29 is 9.53 Å². The Balaban J connectivity index is 2.15. The lowest BCUT2D eigenvalue weighted by Crippen LogP contribution is -2.44. The van der Waals surface area contributed by atoms with Crippen LogP contribution in [0.15, 0.2) is 48.5 Å². The minimum absolute atomic E-state index is 0.280. The van der Waals surface area contributed by atoms with Gasteiger partial charge in [0.1, 0.15) is 5.75 Å². The van der Waals surface area contributed by atoms with E-state index in [1.165, 1.54) is 0 Å². The smallest absolute Gasteiger partial charge is 0.228 e. The van der Waals surface area contributed by atoms with Gasteiger partial charge in [0.25, 0.3) is 0 Å². The molecule has 1 atom stereocenters. The molecule has 0 fully saturated rings. The highest BCUT2D eigenvalue weighted by Crippen LogP contribution is 2.38. The van der Waals surface area contributed by atoms with Crippen molar-refractivity contribution in [3.8, 4) is 5.75 Å². The van der Waals surface area contributed by atoms with Gasteiger partial charge in [-0.25, -0.2) is 0 Å². The summed E-state index contributed by atoms with van der Waals surface area (Å²) < 4.78 is 5.81. The van der Waals surface area contributed by atoms with E-state index < -0.39 is 5.41 Å². The van der Waals surface area contributed by atoms with Crippen molar-refractivity contribution in [1.82, 2.24) is 0 Å². The number of amides is 1. The Hall–Kier alpha value is -2.29. The van der Waals surface area contributed by atoms with Crippen molar-refractivity contribution in [2.24, 2.45) is 5.73 Å². The average Bonchev–Trinajstić information content (AvgIpc) is 2.67. The van der Waals surface area contributed by atoms with Crippen LogP contribution in [-0.4, -0.2) is 12.5 Å². The van der Waals surface area contributed by atoms with E-state index in [0.29, 0.717) is 19.4 Å². The number of para-hydroxylation sites is 1. The third-order valence-electron chi connectivity index (χ3n) is 4.38. The summed E-state index contributed by atoms with van der Waals surface area (Å²) in [6.07, 6.45) is 1.19. The number of hydrogen-bond donors (Lipinski definition) is 1. The third kappa shape index (κ3) is 2.29. The van der Waals surface area contributed by atoms with Gasteiger partial charge in [0.2, 0.25) is 5.91 Å². The maximum Gasteiger partial charge on any atom is 0.228 e. The zero-order valence-corrected chi connectivity index (χ0v) is 12.1. The molecule has 3 heteroatoms. The molecule has 1 unspecified atom stereocenters. The molecule has 1 aliphatic rings. The van der Waals surface area contributed by atoms with Gasteiger partial charge in [0.05, 0.1) is 12.0 Å². The molecule has 108 valence electrons.